The molecule has 3 aliphatic rings. The first-order chi connectivity index (χ1) is 21.3. The lowest BCUT2D eigenvalue weighted by Gasteiger charge is -2.34. The minimum absolute atomic E-state index is 0.466. The molecule has 1 aliphatic carbocycles. The predicted molar refractivity (Wildman–Crippen MR) is 165 cm³/mol. The molecule has 0 radical (unpaired) electrons. The molecule has 6 nitrogen and oxygen atoms in total. The van der Waals surface area contributed by atoms with Crippen LogP contribution >= 0.6 is 0 Å². The summed E-state index contributed by atoms with van der Waals surface area (Å²) in [6.45, 7) is 6.86. The highest BCUT2D eigenvalue weighted by molar-refractivity contribution is 5.86. The van der Waals surface area contributed by atoms with Crippen molar-refractivity contribution in [1.82, 2.24) is 0 Å². The molecule has 0 amide bonds. The molecule has 4 aromatic carbocycles. The van der Waals surface area contributed by atoms with Gasteiger partial charge in [0.05, 0.1) is 58.3 Å². The SMILES string of the molecule is c1ccc2c(c1)-c1ccccc1C2(c1ccc(OCCOCC2COC2)cc1)c1ccc(OCCOCC2COC2)cc1. The van der Waals surface area contributed by atoms with Crippen molar-refractivity contribution < 1.29 is 28.4 Å². The zero-order chi connectivity index (χ0) is 28.9. The van der Waals surface area contributed by atoms with Crippen molar-refractivity contribution in [3.63, 3.8) is 0 Å². The van der Waals surface area contributed by atoms with Crippen molar-refractivity contribution in [2.24, 2.45) is 11.8 Å². The zero-order valence-corrected chi connectivity index (χ0v) is 24.4. The summed E-state index contributed by atoms with van der Waals surface area (Å²) in [7, 11) is 0. The van der Waals surface area contributed by atoms with Crippen molar-refractivity contribution >= 4 is 0 Å². The van der Waals surface area contributed by atoms with Crippen LogP contribution in [0.5, 0.6) is 11.5 Å². The van der Waals surface area contributed by atoms with Gasteiger partial charge in [0.15, 0.2) is 0 Å². The minimum atomic E-state index is -0.466. The molecule has 6 heteroatoms. The number of hydrogen-bond acceptors (Lipinski definition) is 6. The average Bonchev–Trinajstić information content (AvgIpc) is 3.31. The van der Waals surface area contributed by atoms with Gasteiger partial charge in [-0.3, -0.25) is 0 Å². The maximum absolute atomic E-state index is 6.04. The van der Waals surface area contributed by atoms with Crippen LogP contribution in [0.3, 0.4) is 0 Å². The number of rotatable bonds is 14. The molecule has 0 N–H and O–H groups in total. The maximum atomic E-state index is 6.04. The predicted octanol–water partition coefficient (Wildman–Crippen LogP) is 6.13. The van der Waals surface area contributed by atoms with Gasteiger partial charge in [0.25, 0.3) is 0 Å². The topological polar surface area (TPSA) is 55.4 Å². The summed E-state index contributed by atoms with van der Waals surface area (Å²) in [5, 5.41) is 0. The smallest absolute Gasteiger partial charge is 0.119 e. The fourth-order valence-electron chi connectivity index (χ4n) is 6.32. The van der Waals surface area contributed by atoms with Gasteiger partial charge in [-0.15, -0.1) is 0 Å². The molecule has 0 aromatic heterocycles. The third kappa shape index (κ3) is 5.68. The van der Waals surface area contributed by atoms with Crippen LogP contribution in [0.15, 0.2) is 97.1 Å². The van der Waals surface area contributed by atoms with Crippen molar-refractivity contribution in [2.75, 3.05) is 66.1 Å². The Morgan fingerprint density at radius 3 is 1.33 bits per heavy atom. The van der Waals surface area contributed by atoms with E-state index in [0.717, 1.165) is 51.1 Å². The molecule has 2 aliphatic heterocycles. The van der Waals surface area contributed by atoms with Crippen LogP contribution in [0.25, 0.3) is 11.1 Å². The summed E-state index contributed by atoms with van der Waals surface area (Å²) in [6, 6.07) is 34.6. The van der Waals surface area contributed by atoms with Crippen molar-refractivity contribution in [3.8, 4) is 22.6 Å². The normalized spacial score (nSPS) is 17.0. The Hall–Kier alpha value is -3.68. The second kappa shape index (κ2) is 12.9. The van der Waals surface area contributed by atoms with Crippen LogP contribution in [0.1, 0.15) is 22.3 Å². The number of hydrogen-bond donors (Lipinski definition) is 0. The Morgan fingerprint density at radius 1 is 0.512 bits per heavy atom. The first kappa shape index (κ1) is 28.1. The molecule has 2 heterocycles. The Labute approximate surface area is 253 Å². The summed E-state index contributed by atoms with van der Waals surface area (Å²) in [6.07, 6.45) is 0. The van der Waals surface area contributed by atoms with Crippen LogP contribution in [0, 0.1) is 11.8 Å². The highest BCUT2D eigenvalue weighted by Crippen LogP contribution is 2.56. The lowest BCUT2D eigenvalue weighted by molar-refractivity contribution is -0.0739. The van der Waals surface area contributed by atoms with E-state index in [9.17, 15) is 0 Å². The molecule has 7 rings (SSSR count). The van der Waals surface area contributed by atoms with E-state index in [1.165, 1.54) is 33.4 Å². The second-order valence-corrected chi connectivity index (χ2v) is 11.5. The molecule has 2 fully saturated rings. The third-order valence-electron chi connectivity index (χ3n) is 8.64. The Bertz CT molecular complexity index is 1380. The van der Waals surface area contributed by atoms with E-state index in [2.05, 4.69) is 97.1 Å². The largest absolute Gasteiger partial charge is 0.491 e. The molecule has 43 heavy (non-hydrogen) atoms. The standard InChI is InChI=1S/C37H38O6/c1-3-7-35-33(5-1)34-6-2-4-8-36(34)37(35,29-9-13-31(14-10-29)42-19-17-38-21-27-23-40-24-27)30-11-15-32(16-12-30)43-20-18-39-22-28-25-41-26-28/h1-16,27-28H,17-26H2. The number of ether oxygens (including phenoxy) is 6. The highest BCUT2D eigenvalue weighted by atomic mass is 16.5. The summed E-state index contributed by atoms with van der Waals surface area (Å²) < 4.78 is 34.0. The monoisotopic (exact) mass is 578 g/mol. The highest BCUT2D eigenvalue weighted by Gasteiger charge is 2.45. The lowest BCUT2D eigenvalue weighted by Crippen LogP contribution is -2.32. The van der Waals surface area contributed by atoms with Gasteiger partial charge in [-0.25, -0.2) is 0 Å². The average molecular weight is 579 g/mol. The lowest BCUT2D eigenvalue weighted by atomic mass is 9.68. The Balaban J connectivity index is 1.12. The van der Waals surface area contributed by atoms with Gasteiger partial charge in [0.2, 0.25) is 0 Å². The Kier molecular flexibility index (Phi) is 8.43. The number of benzene rings is 4. The summed E-state index contributed by atoms with van der Waals surface area (Å²) in [4.78, 5) is 0. The van der Waals surface area contributed by atoms with E-state index in [1.54, 1.807) is 0 Å². The van der Waals surface area contributed by atoms with Crippen LogP contribution in [0.2, 0.25) is 0 Å². The molecular formula is C37H38O6. The maximum Gasteiger partial charge on any atom is 0.119 e. The van der Waals surface area contributed by atoms with E-state index in [4.69, 9.17) is 28.4 Å². The van der Waals surface area contributed by atoms with E-state index in [-0.39, 0.29) is 0 Å². The van der Waals surface area contributed by atoms with Gasteiger partial charge in [-0.2, -0.15) is 0 Å². The van der Waals surface area contributed by atoms with E-state index >= 15 is 0 Å². The van der Waals surface area contributed by atoms with Gasteiger partial charge < -0.3 is 28.4 Å². The molecule has 0 saturated carbocycles. The van der Waals surface area contributed by atoms with E-state index in [0.29, 0.717) is 38.3 Å². The first-order valence-corrected chi connectivity index (χ1v) is 15.3. The molecule has 0 spiro atoms. The van der Waals surface area contributed by atoms with Crippen molar-refractivity contribution in [1.29, 1.82) is 0 Å². The zero-order valence-electron chi connectivity index (χ0n) is 24.4. The fraction of sp³-hybridized carbons (Fsp3) is 0.351. The van der Waals surface area contributed by atoms with Crippen LogP contribution in [-0.4, -0.2) is 66.1 Å². The molecule has 0 unspecified atom stereocenters. The van der Waals surface area contributed by atoms with Crippen LogP contribution in [-0.2, 0) is 24.4 Å². The van der Waals surface area contributed by atoms with Crippen molar-refractivity contribution in [2.45, 2.75) is 5.41 Å². The van der Waals surface area contributed by atoms with Gasteiger partial charge >= 0.3 is 0 Å². The van der Waals surface area contributed by atoms with Crippen LogP contribution < -0.4 is 9.47 Å². The molecule has 222 valence electrons. The molecule has 0 atom stereocenters. The fourth-order valence-corrected chi connectivity index (χ4v) is 6.32. The van der Waals surface area contributed by atoms with Gasteiger partial charge in [0, 0.05) is 11.8 Å². The summed E-state index contributed by atoms with van der Waals surface area (Å²) in [5.74, 6) is 2.73. The third-order valence-corrected chi connectivity index (χ3v) is 8.64. The van der Waals surface area contributed by atoms with E-state index in [1.807, 2.05) is 0 Å². The second-order valence-electron chi connectivity index (χ2n) is 11.5. The van der Waals surface area contributed by atoms with Crippen LogP contribution in [0.4, 0.5) is 0 Å². The Morgan fingerprint density at radius 2 is 0.930 bits per heavy atom. The molecule has 0 bridgehead atoms. The van der Waals surface area contributed by atoms with Gasteiger partial charge in [0.1, 0.15) is 24.7 Å². The quantitative estimate of drug-likeness (QED) is 0.148. The molecular weight excluding hydrogens is 540 g/mol. The van der Waals surface area contributed by atoms with Gasteiger partial charge in [-0.05, 0) is 57.6 Å². The minimum Gasteiger partial charge on any atom is -0.491 e. The summed E-state index contributed by atoms with van der Waals surface area (Å²) in [5.41, 5.74) is 7.01. The van der Waals surface area contributed by atoms with Crippen molar-refractivity contribution in [3.05, 3.63) is 119 Å². The summed E-state index contributed by atoms with van der Waals surface area (Å²) >= 11 is 0. The first-order valence-electron chi connectivity index (χ1n) is 15.3. The van der Waals surface area contributed by atoms with E-state index < -0.39 is 5.41 Å². The number of fused-ring (bicyclic) bond motifs is 3. The molecule has 4 aromatic rings. The van der Waals surface area contributed by atoms with Gasteiger partial charge in [-0.1, -0.05) is 72.8 Å². The molecule has 2 saturated heterocycles.